The third kappa shape index (κ3) is 3.67. The van der Waals surface area contributed by atoms with E-state index in [1.165, 1.54) is 4.90 Å². The quantitative estimate of drug-likeness (QED) is 0.631. The third-order valence-corrected chi connectivity index (χ3v) is 2.79. The molecule has 2 amide bonds. The average molecular weight is 243 g/mol. The molecule has 6 heteroatoms. The Kier molecular flexibility index (Phi) is 5.37. The predicted molar refractivity (Wildman–Crippen MR) is 63.3 cm³/mol. The van der Waals surface area contributed by atoms with Crippen LogP contribution in [-0.4, -0.2) is 68.1 Å². The number of hydrogen-bond donors (Lipinski definition) is 1. The Morgan fingerprint density at radius 2 is 2.18 bits per heavy atom. The number of amides is 2. The Morgan fingerprint density at radius 3 is 2.76 bits per heavy atom. The summed E-state index contributed by atoms with van der Waals surface area (Å²) in [6.45, 7) is 1.41. The van der Waals surface area contributed by atoms with Gasteiger partial charge in [0.25, 0.3) is 0 Å². The van der Waals surface area contributed by atoms with E-state index < -0.39 is 0 Å². The highest BCUT2D eigenvalue weighted by Gasteiger charge is 2.34. The molecule has 0 aromatic carbocycles. The summed E-state index contributed by atoms with van der Waals surface area (Å²) in [4.78, 5) is 26.8. The van der Waals surface area contributed by atoms with E-state index in [4.69, 9.17) is 10.5 Å². The van der Waals surface area contributed by atoms with Crippen molar-refractivity contribution >= 4 is 11.8 Å². The van der Waals surface area contributed by atoms with Crippen LogP contribution in [-0.2, 0) is 14.3 Å². The van der Waals surface area contributed by atoms with E-state index in [-0.39, 0.29) is 24.5 Å². The lowest BCUT2D eigenvalue weighted by molar-refractivity contribution is -0.144. The van der Waals surface area contributed by atoms with Gasteiger partial charge in [-0.15, -0.1) is 0 Å². The Morgan fingerprint density at radius 1 is 1.47 bits per heavy atom. The van der Waals surface area contributed by atoms with Crippen LogP contribution in [0.2, 0.25) is 0 Å². The van der Waals surface area contributed by atoms with E-state index in [0.717, 1.165) is 12.8 Å². The van der Waals surface area contributed by atoms with Crippen LogP contribution in [0.15, 0.2) is 0 Å². The van der Waals surface area contributed by atoms with Crippen LogP contribution in [0.4, 0.5) is 0 Å². The topological polar surface area (TPSA) is 75.9 Å². The molecule has 17 heavy (non-hydrogen) atoms. The van der Waals surface area contributed by atoms with Gasteiger partial charge in [-0.05, 0) is 12.8 Å². The molecule has 0 spiro atoms. The van der Waals surface area contributed by atoms with Gasteiger partial charge in [-0.25, -0.2) is 0 Å². The molecule has 0 saturated carbocycles. The van der Waals surface area contributed by atoms with Crippen LogP contribution in [0, 0.1) is 0 Å². The first-order valence-electron chi connectivity index (χ1n) is 5.86. The minimum atomic E-state index is -0.320. The lowest BCUT2D eigenvalue weighted by atomic mass is 10.2. The Balaban J connectivity index is 2.51. The van der Waals surface area contributed by atoms with Crippen LogP contribution in [0.1, 0.15) is 12.8 Å². The number of rotatable bonds is 5. The highest BCUT2D eigenvalue weighted by molar-refractivity contribution is 5.88. The molecular formula is C11H21N3O3. The molecule has 1 aliphatic rings. The van der Waals surface area contributed by atoms with Crippen molar-refractivity contribution in [2.75, 3.05) is 40.4 Å². The Labute approximate surface area is 102 Å². The van der Waals surface area contributed by atoms with Crippen molar-refractivity contribution < 1.29 is 14.3 Å². The minimum Gasteiger partial charge on any atom is -0.370 e. The second-order valence-corrected chi connectivity index (χ2v) is 4.32. The van der Waals surface area contributed by atoms with Crippen LogP contribution in [0.25, 0.3) is 0 Å². The summed E-state index contributed by atoms with van der Waals surface area (Å²) >= 11 is 0. The number of likely N-dealkylation sites (N-methyl/N-ethyl adjacent to an activating group) is 1. The van der Waals surface area contributed by atoms with Crippen molar-refractivity contribution in [1.82, 2.24) is 9.80 Å². The molecule has 6 nitrogen and oxygen atoms in total. The maximum Gasteiger partial charge on any atom is 0.249 e. The van der Waals surface area contributed by atoms with Crippen molar-refractivity contribution in [3.05, 3.63) is 0 Å². The van der Waals surface area contributed by atoms with Gasteiger partial charge in [0.15, 0.2) is 0 Å². The largest absolute Gasteiger partial charge is 0.370 e. The molecule has 0 aliphatic carbocycles. The number of hydrogen-bond acceptors (Lipinski definition) is 4. The molecular weight excluding hydrogens is 222 g/mol. The summed E-state index contributed by atoms with van der Waals surface area (Å²) in [6, 6.07) is -0.320. The van der Waals surface area contributed by atoms with Crippen molar-refractivity contribution in [1.29, 1.82) is 0 Å². The molecule has 2 N–H and O–H groups in total. The highest BCUT2D eigenvalue weighted by Crippen LogP contribution is 2.18. The molecule has 1 atom stereocenters. The van der Waals surface area contributed by atoms with E-state index in [9.17, 15) is 9.59 Å². The number of likely N-dealkylation sites (tertiary alicyclic amines) is 1. The molecule has 0 radical (unpaired) electrons. The maximum atomic E-state index is 11.9. The maximum absolute atomic E-state index is 11.9. The molecule has 98 valence electrons. The van der Waals surface area contributed by atoms with Gasteiger partial charge in [0.05, 0.1) is 6.61 Å². The summed E-state index contributed by atoms with van der Waals surface area (Å²) in [5.41, 5.74) is 5.27. The molecule has 1 unspecified atom stereocenters. The van der Waals surface area contributed by atoms with Crippen LogP contribution < -0.4 is 5.73 Å². The molecule has 0 bridgehead atoms. The van der Waals surface area contributed by atoms with E-state index in [0.29, 0.717) is 19.7 Å². The second kappa shape index (κ2) is 6.56. The van der Waals surface area contributed by atoms with Crippen LogP contribution in [0.3, 0.4) is 0 Å². The zero-order valence-corrected chi connectivity index (χ0v) is 10.5. The SMILES string of the molecule is CN(C)C(=O)C1CCCN1C(=O)COCCN. The third-order valence-electron chi connectivity index (χ3n) is 2.79. The van der Waals surface area contributed by atoms with E-state index in [1.54, 1.807) is 19.0 Å². The lowest BCUT2D eigenvalue weighted by Gasteiger charge is -2.26. The summed E-state index contributed by atoms with van der Waals surface area (Å²) in [6.07, 6.45) is 1.60. The second-order valence-electron chi connectivity index (χ2n) is 4.32. The van der Waals surface area contributed by atoms with Gasteiger partial charge in [-0.1, -0.05) is 0 Å². The smallest absolute Gasteiger partial charge is 0.249 e. The molecule has 1 aliphatic heterocycles. The van der Waals surface area contributed by atoms with Gasteiger partial charge < -0.3 is 20.3 Å². The molecule has 1 saturated heterocycles. The van der Waals surface area contributed by atoms with Crippen LogP contribution >= 0.6 is 0 Å². The molecule has 0 aromatic rings. The van der Waals surface area contributed by atoms with E-state index in [2.05, 4.69) is 0 Å². The molecule has 0 aromatic heterocycles. The Hall–Kier alpha value is -1.14. The normalized spacial score (nSPS) is 19.5. The first-order chi connectivity index (χ1) is 8.07. The number of nitrogens with two attached hydrogens (primary N) is 1. The van der Waals surface area contributed by atoms with Gasteiger partial charge in [-0.2, -0.15) is 0 Å². The average Bonchev–Trinajstić information content (AvgIpc) is 2.76. The van der Waals surface area contributed by atoms with E-state index >= 15 is 0 Å². The minimum absolute atomic E-state index is 0.00834. The number of nitrogens with zero attached hydrogens (tertiary/aromatic N) is 2. The standard InChI is InChI=1S/C11H21N3O3/c1-13(2)11(16)9-4-3-6-14(9)10(15)8-17-7-5-12/h9H,3-8,12H2,1-2H3. The van der Waals surface area contributed by atoms with Gasteiger partial charge in [0.1, 0.15) is 12.6 Å². The van der Waals surface area contributed by atoms with E-state index in [1.807, 2.05) is 0 Å². The van der Waals surface area contributed by atoms with Crippen molar-refractivity contribution in [3.8, 4) is 0 Å². The lowest BCUT2D eigenvalue weighted by Crippen LogP contribution is -2.46. The fraction of sp³-hybridized carbons (Fsp3) is 0.818. The fourth-order valence-electron chi connectivity index (χ4n) is 1.95. The number of ether oxygens (including phenoxy) is 1. The fourth-order valence-corrected chi connectivity index (χ4v) is 1.95. The summed E-state index contributed by atoms with van der Waals surface area (Å²) in [5.74, 6) is -0.147. The monoisotopic (exact) mass is 243 g/mol. The first kappa shape index (κ1) is 13.9. The summed E-state index contributed by atoms with van der Waals surface area (Å²) < 4.78 is 5.10. The van der Waals surface area contributed by atoms with Crippen LogP contribution in [0.5, 0.6) is 0 Å². The van der Waals surface area contributed by atoms with Crippen molar-refractivity contribution in [2.45, 2.75) is 18.9 Å². The zero-order chi connectivity index (χ0) is 12.8. The van der Waals surface area contributed by atoms with Crippen molar-refractivity contribution in [3.63, 3.8) is 0 Å². The van der Waals surface area contributed by atoms with Gasteiger partial charge in [-0.3, -0.25) is 9.59 Å². The highest BCUT2D eigenvalue weighted by atomic mass is 16.5. The van der Waals surface area contributed by atoms with Gasteiger partial charge >= 0.3 is 0 Å². The van der Waals surface area contributed by atoms with Gasteiger partial charge in [0.2, 0.25) is 11.8 Å². The number of carbonyl (C=O) groups is 2. The molecule has 1 fully saturated rings. The van der Waals surface area contributed by atoms with Gasteiger partial charge in [0, 0.05) is 27.2 Å². The predicted octanol–water partition coefficient (Wildman–Crippen LogP) is -0.959. The molecule has 1 heterocycles. The first-order valence-corrected chi connectivity index (χ1v) is 5.86. The zero-order valence-electron chi connectivity index (χ0n) is 10.5. The summed E-state index contributed by atoms with van der Waals surface area (Å²) in [5, 5.41) is 0. The Bertz CT molecular complexity index is 281. The summed E-state index contributed by atoms with van der Waals surface area (Å²) in [7, 11) is 3.41. The molecule has 1 rings (SSSR count). The number of carbonyl (C=O) groups excluding carboxylic acids is 2. The van der Waals surface area contributed by atoms with Crippen molar-refractivity contribution in [2.24, 2.45) is 5.73 Å².